The number of amides is 2. The fraction of sp³-hybridized carbons (Fsp3) is 0.250. The van der Waals surface area contributed by atoms with Gasteiger partial charge in [0.25, 0.3) is 11.5 Å². The predicted octanol–water partition coefficient (Wildman–Crippen LogP) is -2.32. The topological polar surface area (TPSA) is 127 Å². The van der Waals surface area contributed by atoms with Gasteiger partial charge in [-0.05, 0) is 0 Å². The molecular formula is C8H8N4O4. The lowest BCUT2D eigenvalue weighted by Crippen LogP contribution is -2.41. The Kier molecular flexibility index (Phi) is 2.11. The zero-order chi connectivity index (χ0) is 11.9. The maximum atomic E-state index is 11.6. The summed E-state index contributed by atoms with van der Waals surface area (Å²) in [5.74, 6) is -1.99. The highest BCUT2D eigenvalue weighted by Crippen LogP contribution is 2.10. The molecule has 16 heavy (non-hydrogen) atoms. The van der Waals surface area contributed by atoms with Crippen LogP contribution in [-0.2, 0) is 17.9 Å². The summed E-state index contributed by atoms with van der Waals surface area (Å²) in [6.07, 6.45) is 0. The second-order valence-corrected chi connectivity index (χ2v) is 3.26. The van der Waals surface area contributed by atoms with E-state index in [1.165, 1.54) is 0 Å². The van der Waals surface area contributed by atoms with Gasteiger partial charge in [-0.25, -0.2) is 4.98 Å². The van der Waals surface area contributed by atoms with Crippen LogP contribution in [0.15, 0.2) is 4.79 Å². The molecule has 1 aromatic rings. The van der Waals surface area contributed by atoms with Crippen molar-refractivity contribution in [2.75, 3.05) is 0 Å². The number of hydrogen-bond acceptors (Lipinski definition) is 5. The van der Waals surface area contributed by atoms with Crippen LogP contribution < -0.4 is 16.6 Å². The molecule has 0 aliphatic carbocycles. The summed E-state index contributed by atoms with van der Waals surface area (Å²) in [7, 11) is 0. The van der Waals surface area contributed by atoms with Gasteiger partial charge in [-0.1, -0.05) is 0 Å². The molecule has 1 aliphatic heterocycles. The molecular weight excluding hydrogens is 216 g/mol. The Morgan fingerprint density at radius 2 is 2.19 bits per heavy atom. The van der Waals surface area contributed by atoms with Crippen LogP contribution >= 0.6 is 0 Å². The molecule has 1 aromatic heterocycles. The van der Waals surface area contributed by atoms with Crippen molar-refractivity contribution in [1.29, 1.82) is 0 Å². The van der Waals surface area contributed by atoms with Gasteiger partial charge in [0.1, 0.15) is 12.4 Å². The third kappa shape index (κ3) is 1.40. The Labute approximate surface area is 88.7 Å². The number of carbonyl (C=O) groups excluding carboxylic acids is 2. The number of rotatable bonds is 1. The van der Waals surface area contributed by atoms with E-state index in [-0.39, 0.29) is 24.8 Å². The summed E-state index contributed by atoms with van der Waals surface area (Å²) in [5, 5.41) is 11.8. The molecule has 0 radical (unpaired) electrons. The van der Waals surface area contributed by atoms with Crippen molar-refractivity contribution in [2.24, 2.45) is 5.73 Å². The van der Waals surface area contributed by atoms with E-state index < -0.39 is 22.9 Å². The molecule has 0 spiro atoms. The number of aromatic nitrogens is 2. The summed E-state index contributed by atoms with van der Waals surface area (Å²) < 4.78 is 1.00. The summed E-state index contributed by atoms with van der Waals surface area (Å²) in [6.45, 7) is -0.206. The quantitative estimate of drug-likeness (QED) is 0.493. The third-order valence-electron chi connectivity index (χ3n) is 2.20. The maximum absolute atomic E-state index is 11.6. The Balaban J connectivity index is 2.68. The van der Waals surface area contributed by atoms with Gasteiger partial charge >= 0.3 is 0 Å². The van der Waals surface area contributed by atoms with Gasteiger partial charge in [0.15, 0.2) is 5.69 Å². The Morgan fingerprint density at radius 3 is 2.81 bits per heavy atom. The highest BCUT2D eigenvalue weighted by atomic mass is 16.3. The van der Waals surface area contributed by atoms with Gasteiger partial charge < -0.3 is 16.2 Å². The van der Waals surface area contributed by atoms with E-state index in [4.69, 9.17) is 5.73 Å². The fourth-order valence-electron chi connectivity index (χ4n) is 1.44. The van der Waals surface area contributed by atoms with E-state index >= 15 is 0 Å². The standard InChI is InChI=1S/C8H8N4O4/c9-7(15)5-6(14)8(16)12-2-4(13)10-1-3(12)11-5/h14H,1-2H2,(H2,9,15)(H,10,13). The molecule has 0 bridgehead atoms. The molecule has 0 saturated carbocycles. The molecule has 0 saturated heterocycles. The summed E-state index contributed by atoms with van der Waals surface area (Å²) in [4.78, 5) is 37.2. The van der Waals surface area contributed by atoms with Crippen LogP contribution in [0.1, 0.15) is 16.3 Å². The third-order valence-corrected chi connectivity index (χ3v) is 2.20. The summed E-state index contributed by atoms with van der Waals surface area (Å²) in [6, 6.07) is 0. The molecule has 1 aliphatic rings. The highest BCUT2D eigenvalue weighted by molar-refractivity contribution is 5.93. The first-order chi connectivity index (χ1) is 7.50. The van der Waals surface area contributed by atoms with Crippen molar-refractivity contribution in [3.8, 4) is 5.75 Å². The average molecular weight is 224 g/mol. The van der Waals surface area contributed by atoms with E-state index in [0.717, 1.165) is 4.57 Å². The number of nitrogens with two attached hydrogens (primary N) is 1. The zero-order valence-corrected chi connectivity index (χ0v) is 8.06. The van der Waals surface area contributed by atoms with E-state index in [2.05, 4.69) is 10.3 Å². The van der Waals surface area contributed by atoms with Gasteiger partial charge in [-0.3, -0.25) is 19.0 Å². The van der Waals surface area contributed by atoms with Crippen molar-refractivity contribution in [1.82, 2.24) is 14.9 Å². The van der Waals surface area contributed by atoms with E-state index in [1.807, 2.05) is 0 Å². The van der Waals surface area contributed by atoms with Gasteiger partial charge in [0.05, 0.1) is 6.54 Å². The van der Waals surface area contributed by atoms with Gasteiger partial charge in [-0.2, -0.15) is 0 Å². The first-order valence-corrected chi connectivity index (χ1v) is 4.40. The molecule has 0 fully saturated rings. The largest absolute Gasteiger partial charge is 0.501 e. The molecule has 2 rings (SSSR count). The highest BCUT2D eigenvalue weighted by Gasteiger charge is 2.23. The fourth-order valence-corrected chi connectivity index (χ4v) is 1.44. The van der Waals surface area contributed by atoms with Crippen molar-refractivity contribution < 1.29 is 14.7 Å². The first kappa shape index (κ1) is 10.1. The van der Waals surface area contributed by atoms with Crippen LogP contribution in [0.4, 0.5) is 0 Å². The summed E-state index contributed by atoms with van der Waals surface area (Å²) in [5.41, 5.74) is 3.63. The monoisotopic (exact) mass is 224 g/mol. The van der Waals surface area contributed by atoms with Crippen molar-refractivity contribution in [3.05, 3.63) is 21.9 Å². The number of hydrogen-bond donors (Lipinski definition) is 3. The van der Waals surface area contributed by atoms with Crippen molar-refractivity contribution >= 4 is 11.8 Å². The number of nitrogens with zero attached hydrogens (tertiary/aromatic N) is 2. The zero-order valence-electron chi connectivity index (χ0n) is 8.06. The van der Waals surface area contributed by atoms with E-state index in [9.17, 15) is 19.5 Å². The van der Waals surface area contributed by atoms with Gasteiger partial charge in [0.2, 0.25) is 11.7 Å². The Morgan fingerprint density at radius 1 is 1.50 bits per heavy atom. The second kappa shape index (κ2) is 3.33. The van der Waals surface area contributed by atoms with Crippen LogP contribution in [-0.4, -0.2) is 26.5 Å². The number of primary amides is 1. The van der Waals surface area contributed by atoms with Crippen LogP contribution in [0.3, 0.4) is 0 Å². The Hall–Kier alpha value is -2.38. The van der Waals surface area contributed by atoms with Crippen LogP contribution in [0.5, 0.6) is 5.75 Å². The lowest BCUT2D eigenvalue weighted by atomic mass is 10.3. The van der Waals surface area contributed by atoms with Crippen molar-refractivity contribution in [2.45, 2.75) is 13.1 Å². The molecule has 2 heterocycles. The molecule has 8 nitrogen and oxygen atoms in total. The smallest absolute Gasteiger partial charge is 0.297 e. The van der Waals surface area contributed by atoms with Crippen molar-refractivity contribution in [3.63, 3.8) is 0 Å². The molecule has 4 N–H and O–H groups in total. The number of nitrogens with one attached hydrogen (secondary N) is 1. The average Bonchev–Trinajstić information content (AvgIpc) is 2.23. The minimum absolute atomic E-state index is 0.0225. The molecule has 8 heteroatoms. The lowest BCUT2D eigenvalue weighted by Gasteiger charge is -2.18. The molecule has 0 atom stereocenters. The maximum Gasteiger partial charge on any atom is 0.297 e. The van der Waals surface area contributed by atoms with Gasteiger partial charge in [-0.15, -0.1) is 0 Å². The predicted molar refractivity (Wildman–Crippen MR) is 50.5 cm³/mol. The lowest BCUT2D eigenvalue weighted by molar-refractivity contribution is -0.122. The first-order valence-electron chi connectivity index (χ1n) is 4.40. The second-order valence-electron chi connectivity index (χ2n) is 3.26. The number of carbonyl (C=O) groups is 2. The van der Waals surface area contributed by atoms with E-state index in [0.29, 0.717) is 0 Å². The molecule has 0 aromatic carbocycles. The minimum atomic E-state index is -0.991. The summed E-state index contributed by atoms with van der Waals surface area (Å²) >= 11 is 0. The van der Waals surface area contributed by atoms with Crippen LogP contribution in [0.25, 0.3) is 0 Å². The van der Waals surface area contributed by atoms with E-state index in [1.54, 1.807) is 0 Å². The SMILES string of the molecule is NC(=O)c1nc2n(c(=O)c1O)CC(=O)NC2. The van der Waals surface area contributed by atoms with Gasteiger partial charge in [0, 0.05) is 0 Å². The van der Waals surface area contributed by atoms with Crippen LogP contribution in [0.2, 0.25) is 0 Å². The number of fused-ring (bicyclic) bond motifs is 1. The molecule has 2 amide bonds. The minimum Gasteiger partial charge on any atom is -0.501 e. The Bertz CT molecular complexity index is 548. The molecule has 0 unspecified atom stereocenters. The van der Waals surface area contributed by atoms with Crippen LogP contribution in [0, 0.1) is 0 Å². The normalized spacial score (nSPS) is 14.1. The molecule has 84 valence electrons. The number of aromatic hydroxyl groups is 1.